The van der Waals surface area contributed by atoms with Gasteiger partial charge in [-0.2, -0.15) is 5.10 Å². The molecule has 0 saturated carbocycles. The summed E-state index contributed by atoms with van der Waals surface area (Å²) in [5.41, 5.74) is 4.94. The number of ether oxygens (including phenoxy) is 1. The number of aromatic nitrogens is 7. The quantitative estimate of drug-likeness (QED) is 0.331. The second-order valence-corrected chi connectivity index (χ2v) is 9.09. The highest BCUT2D eigenvalue weighted by Crippen LogP contribution is 2.34. The Morgan fingerprint density at radius 1 is 1.18 bits per heavy atom. The van der Waals surface area contributed by atoms with Crippen molar-refractivity contribution < 1.29 is 9.53 Å². The summed E-state index contributed by atoms with van der Waals surface area (Å²) in [6, 6.07) is 7.68. The lowest BCUT2D eigenvalue weighted by atomic mass is 10.1. The summed E-state index contributed by atoms with van der Waals surface area (Å²) in [6.07, 6.45) is 11.4. The lowest BCUT2D eigenvalue weighted by Crippen LogP contribution is -2.18. The summed E-state index contributed by atoms with van der Waals surface area (Å²) >= 11 is 3.64. The van der Waals surface area contributed by atoms with E-state index < -0.39 is 0 Å². The van der Waals surface area contributed by atoms with Gasteiger partial charge in [0.15, 0.2) is 12.5 Å². The minimum absolute atomic E-state index is 0.0381. The summed E-state index contributed by atoms with van der Waals surface area (Å²) in [5.74, 6) is 0. The third-order valence-electron chi connectivity index (χ3n) is 5.91. The molecule has 0 bridgehead atoms. The molecule has 5 aromatic rings. The van der Waals surface area contributed by atoms with Gasteiger partial charge in [0.05, 0.1) is 30.1 Å². The molecule has 166 valence electrons. The molecule has 6 rings (SSSR count). The van der Waals surface area contributed by atoms with E-state index in [1.54, 1.807) is 16.9 Å². The van der Waals surface area contributed by atoms with Crippen molar-refractivity contribution in [2.45, 2.75) is 32.0 Å². The molecule has 1 aliphatic heterocycles. The molecular formula is C23H20BrN7O2. The van der Waals surface area contributed by atoms with Gasteiger partial charge in [-0.1, -0.05) is 21.1 Å². The third-order valence-corrected chi connectivity index (χ3v) is 6.37. The average molecular weight is 506 g/mol. The molecule has 33 heavy (non-hydrogen) atoms. The number of imidazole rings is 1. The second-order valence-electron chi connectivity index (χ2n) is 8.18. The summed E-state index contributed by atoms with van der Waals surface area (Å²) < 4.78 is 12.5. The van der Waals surface area contributed by atoms with Crippen molar-refractivity contribution in [3.8, 4) is 11.3 Å². The van der Waals surface area contributed by atoms with Gasteiger partial charge >= 0.3 is 0 Å². The van der Waals surface area contributed by atoms with Crippen LogP contribution in [-0.2, 0) is 11.3 Å². The standard InChI is InChI=1S/C23H20BrN7O2/c24-16-7-18(19-9-25-31(21(19)8-16)23-3-1-2-6-33-23)20-13-30(28-27-20)12-17-11-29-10-15(14-32)4-5-22(29)26-17/h4-5,7-11,13-14,23H,1-3,6,12H2. The first-order valence-corrected chi connectivity index (χ1v) is 11.6. The first-order chi connectivity index (χ1) is 16.2. The van der Waals surface area contributed by atoms with E-state index in [2.05, 4.69) is 42.4 Å². The maximum absolute atomic E-state index is 11.0. The molecule has 10 heteroatoms. The van der Waals surface area contributed by atoms with Crippen molar-refractivity contribution in [2.75, 3.05) is 6.61 Å². The Hall–Kier alpha value is -3.37. The summed E-state index contributed by atoms with van der Waals surface area (Å²) in [5, 5.41) is 14.4. The summed E-state index contributed by atoms with van der Waals surface area (Å²) in [6.45, 7) is 1.23. The molecule has 1 unspecified atom stereocenters. The molecule has 9 nitrogen and oxygen atoms in total. The minimum Gasteiger partial charge on any atom is -0.356 e. The maximum Gasteiger partial charge on any atom is 0.151 e. The molecular weight excluding hydrogens is 486 g/mol. The molecule has 1 saturated heterocycles. The lowest BCUT2D eigenvalue weighted by Gasteiger charge is -2.23. The van der Waals surface area contributed by atoms with E-state index in [9.17, 15) is 4.79 Å². The van der Waals surface area contributed by atoms with E-state index in [1.807, 2.05) is 39.8 Å². The molecule has 0 aliphatic carbocycles. The molecule has 5 heterocycles. The number of hydrogen-bond donors (Lipinski definition) is 0. The number of hydrogen-bond acceptors (Lipinski definition) is 6. The van der Waals surface area contributed by atoms with Crippen LogP contribution in [0.1, 0.15) is 41.5 Å². The first kappa shape index (κ1) is 20.3. The molecule has 1 fully saturated rings. The first-order valence-electron chi connectivity index (χ1n) is 10.8. The van der Waals surface area contributed by atoms with Crippen molar-refractivity contribution in [3.63, 3.8) is 0 Å². The fraction of sp³-hybridized carbons (Fsp3) is 0.261. The highest BCUT2D eigenvalue weighted by Gasteiger charge is 2.21. The number of pyridine rings is 1. The number of aldehydes is 1. The van der Waals surface area contributed by atoms with Crippen LogP contribution in [0, 0.1) is 0 Å². The number of nitrogens with zero attached hydrogens (tertiary/aromatic N) is 7. The Kier molecular flexibility index (Phi) is 5.03. The average Bonchev–Trinajstić information content (AvgIpc) is 3.56. The number of carbonyl (C=O) groups is 1. The summed E-state index contributed by atoms with van der Waals surface area (Å²) in [4.78, 5) is 15.6. The van der Waals surface area contributed by atoms with Crippen LogP contribution < -0.4 is 0 Å². The molecule has 0 amide bonds. The fourth-order valence-corrected chi connectivity index (χ4v) is 4.79. The number of benzene rings is 1. The zero-order valence-electron chi connectivity index (χ0n) is 17.6. The molecule has 0 radical (unpaired) electrons. The van der Waals surface area contributed by atoms with Gasteiger partial charge in [-0.3, -0.25) is 4.79 Å². The van der Waals surface area contributed by atoms with Gasteiger partial charge < -0.3 is 9.14 Å². The van der Waals surface area contributed by atoms with Crippen LogP contribution in [0.4, 0.5) is 0 Å². The Labute approximate surface area is 197 Å². The van der Waals surface area contributed by atoms with E-state index in [0.29, 0.717) is 12.1 Å². The zero-order chi connectivity index (χ0) is 22.4. The Morgan fingerprint density at radius 3 is 2.97 bits per heavy atom. The fourth-order valence-electron chi connectivity index (χ4n) is 4.34. The van der Waals surface area contributed by atoms with Crippen LogP contribution in [0.5, 0.6) is 0 Å². The third kappa shape index (κ3) is 3.75. The highest BCUT2D eigenvalue weighted by molar-refractivity contribution is 9.10. The molecule has 1 aromatic carbocycles. The lowest BCUT2D eigenvalue weighted by molar-refractivity contribution is -0.0366. The summed E-state index contributed by atoms with van der Waals surface area (Å²) in [7, 11) is 0. The van der Waals surface area contributed by atoms with Gasteiger partial charge in [0.2, 0.25) is 0 Å². The van der Waals surface area contributed by atoms with Crippen molar-refractivity contribution in [1.82, 2.24) is 34.2 Å². The molecule has 1 atom stereocenters. The SMILES string of the molecule is O=Cc1ccc2nc(Cn3cc(-c4cc(Br)cc5c4cnn5C4CCCCO4)nn3)cn2c1. The largest absolute Gasteiger partial charge is 0.356 e. The van der Waals surface area contributed by atoms with Crippen LogP contribution in [0.25, 0.3) is 27.8 Å². The van der Waals surface area contributed by atoms with E-state index in [0.717, 1.165) is 70.1 Å². The Balaban J connectivity index is 1.32. The van der Waals surface area contributed by atoms with Gasteiger partial charge in [-0.15, -0.1) is 5.10 Å². The van der Waals surface area contributed by atoms with Gasteiger partial charge in [0.1, 0.15) is 11.3 Å². The van der Waals surface area contributed by atoms with Crippen LogP contribution >= 0.6 is 15.9 Å². The van der Waals surface area contributed by atoms with Crippen LogP contribution in [0.3, 0.4) is 0 Å². The van der Waals surface area contributed by atoms with Crippen molar-refractivity contribution >= 4 is 38.8 Å². The normalized spacial score (nSPS) is 16.6. The van der Waals surface area contributed by atoms with Gasteiger partial charge in [0.25, 0.3) is 0 Å². The van der Waals surface area contributed by atoms with E-state index in [4.69, 9.17) is 4.74 Å². The number of halogens is 1. The highest BCUT2D eigenvalue weighted by atomic mass is 79.9. The molecule has 0 spiro atoms. The van der Waals surface area contributed by atoms with Crippen LogP contribution in [0.15, 0.2) is 53.5 Å². The molecule has 4 aromatic heterocycles. The minimum atomic E-state index is -0.0381. The second kappa shape index (κ2) is 8.20. The predicted molar refractivity (Wildman–Crippen MR) is 125 cm³/mol. The van der Waals surface area contributed by atoms with Crippen molar-refractivity contribution in [1.29, 1.82) is 0 Å². The Bertz CT molecular complexity index is 1480. The van der Waals surface area contributed by atoms with Gasteiger partial charge in [0, 0.05) is 40.0 Å². The van der Waals surface area contributed by atoms with Crippen molar-refractivity contribution in [3.05, 3.63) is 64.8 Å². The number of fused-ring (bicyclic) bond motifs is 2. The Morgan fingerprint density at radius 2 is 2.12 bits per heavy atom. The van der Waals surface area contributed by atoms with Gasteiger partial charge in [-0.25, -0.2) is 14.3 Å². The van der Waals surface area contributed by atoms with Crippen LogP contribution in [0.2, 0.25) is 0 Å². The monoisotopic (exact) mass is 505 g/mol. The number of carbonyl (C=O) groups excluding carboxylic acids is 1. The zero-order valence-corrected chi connectivity index (χ0v) is 19.2. The van der Waals surface area contributed by atoms with E-state index >= 15 is 0 Å². The van der Waals surface area contributed by atoms with Crippen LogP contribution in [-0.4, -0.2) is 47.1 Å². The van der Waals surface area contributed by atoms with E-state index in [1.165, 1.54) is 0 Å². The van der Waals surface area contributed by atoms with E-state index in [-0.39, 0.29) is 6.23 Å². The number of rotatable bonds is 5. The molecule has 1 aliphatic rings. The predicted octanol–water partition coefficient (Wildman–Crippen LogP) is 4.26. The smallest absolute Gasteiger partial charge is 0.151 e. The van der Waals surface area contributed by atoms with Crippen molar-refractivity contribution in [2.24, 2.45) is 0 Å². The molecule has 0 N–H and O–H groups in total. The topological polar surface area (TPSA) is 92.1 Å². The maximum atomic E-state index is 11.0. The van der Waals surface area contributed by atoms with Gasteiger partial charge in [-0.05, 0) is 43.5 Å².